The molecule has 1 fully saturated rings. The number of rotatable bonds is 4. The summed E-state index contributed by atoms with van der Waals surface area (Å²) in [6.45, 7) is 0. The molecular formula is C18H21NO. The molecule has 0 bridgehead atoms. The largest absolute Gasteiger partial charge is 0.294 e. The van der Waals surface area contributed by atoms with Crippen LogP contribution in [0.25, 0.3) is 10.8 Å². The summed E-state index contributed by atoms with van der Waals surface area (Å²) in [6, 6.07) is 7.87. The highest BCUT2D eigenvalue weighted by Gasteiger charge is 2.16. The van der Waals surface area contributed by atoms with Gasteiger partial charge in [-0.2, -0.15) is 0 Å². The van der Waals surface area contributed by atoms with Crippen molar-refractivity contribution in [2.24, 2.45) is 5.92 Å². The monoisotopic (exact) mass is 267 g/mol. The van der Waals surface area contributed by atoms with Gasteiger partial charge in [0.2, 0.25) is 0 Å². The molecule has 0 atom stereocenters. The summed E-state index contributed by atoms with van der Waals surface area (Å²) in [7, 11) is 0. The van der Waals surface area contributed by atoms with Gasteiger partial charge < -0.3 is 0 Å². The van der Waals surface area contributed by atoms with Gasteiger partial charge in [0.1, 0.15) is 0 Å². The second-order valence-electron chi connectivity index (χ2n) is 5.87. The normalized spacial score (nSPS) is 16.4. The number of fused-ring (bicyclic) bond motifs is 1. The van der Waals surface area contributed by atoms with E-state index in [0.29, 0.717) is 6.42 Å². The van der Waals surface area contributed by atoms with Crippen LogP contribution in [-0.2, 0) is 0 Å². The third-order valence-corrected chi connectivity index (χ3v) is 4.49. The Kier molecular flexibility index (Phi) is 4.10. The van der Waals surface area contributed by atoms with Crippen LogP contribution in [-0.4, -0.2) is 10.8 Å². The lowest BCUT2D eigenvalue weighted by Crippen LogP contribution is -2.09. The Balaban J connectivity index is 1.72. The van der Waals surface area contributed by atoms with Gasteiger partial charge in [-0.05, 0) is 23.8 Å². The zero-order chi connectivity index (χ0) is 13.8. The van der Waals surface area contributed by atoms with Crippen LogP contribution in [0, 0.1) is 5.92 Å². The quantitative estimate of drug-likeness (QED) is 0.746. The predicted molar refractivity (Wildman–Crippen MR) is 81.9 cm³/mol. The lowest BCUT2D eigenvalue weighted by molar-refractivity contribution is 0.0972. The first-order chi connectivity index (χ1) is 9.84. The first-order valence-corrected chi connectivity index (χ1v) is 7.70. The number of hydrogen-bond donors (Lipinski definition) is 0. The zero-order valence-corrected chi connectivity index (χ0v) is 11.8. The summed E-state index contributed by atoms with van der Waals surface area (Å²) in [5.41, 5.74) is 0.862. The topological polar surface area (TPSA) is 30.0 Å². The van der Waals surface area contributed by atoms with Gasteiger partial charge in [-0.3, -0.25) is 9.78 Å². The van der Waals surface area contributed by atoms with Crippen molar-refractivity contribution >= 4 is 16.6 Å². The van der Waals surface area contributed by atoms with Crippen molar-refractivity contribution in [3.05, 3.63) is 42.2 Å². The third kappa shape index (κ3) is 2.90. The fraction of sp³-hybridized carbons (Fsp3) is 0.444. The molecular weight excluding hydrogens is 246 g/mol. The predicted octanol–water partition coefficient (Wildman–Crippen LogP) is 4.78. The minimum Gasteiger partial charge on any atom is -0.294 e. The molecule has 2 nitrogen and oxygen atoms in total. The number of nitrogens with zero attached hydrogens (tertiary/aromatic N) is 1. The summed E-state index contributed by atoms with van der Waals surface area (Å²) in [4.78, 5) is 16.6. The maximum absolute atomic E-state index is 12.5. The van der Waals surface area contributed by atoms with Gasteiger partial charge in [0.25, 0.3) is 0 Å². The molecule has 20 heavy (non-hydrogen) atoms. The van der Waals surface area contributed by atoms with E-state index in [2.05, 4.69) is 4.98 Å². The summed E-state index contributed by atoms with van der Waals surface area (Å²) < 4.78 is 0. The van der Waals surface area contributed by atoms with Crippen LogP contribution in [0.2, 0.25) is 0 Å². The number of carbonyl (C=O) groups is 1. The second-order valence-corrected chi connectivity index (χ2v) is 5.87. The number of hydrogen-bond acceptors (Lipinski definition) is 2. The molecule has 0 saturated heterocycles. The van der Waals surface area contributed by atoms with Crippen molar-refractivity contribution in [2.75, 3.05) is 0 Å². The number of benzene rings is 1. The molecule has 1 aromatic heterocycles. The van der Waals surface area contributed by atoms with Crippen LogP contribution >= 0.6 is 0 Å². The molecule has 1 aromatic carbocycles. The van der Waals surface area contributed by atoms with Crippen molar-refractivity contribution in [1.82, 2.24) is 4.98 Å². The Labute approximate surface area is 120 Å². The Morgan fingerprint density at radius 3 is 2.85 bits per heavy atom. The zero-order valence-electron chi connectivity index (χ0n) is 11.8. The molecule has 2 aromatic rings. The van der Waals surface area contributed by atoms with E-state index in [1.807, 2.05) is 30.5 Å². The van der Waals surface area contributed by atoms with Crippen LogP contribution in [0.1, 0.15) is 55.3 Å². The molecule has 1 saturated carbocycles. The number of ketones is 1. The van der Waals surface area contributed by atoms with Crippen molar-refractivity contribution < 1.29 is 4.79 Å². The highest BCUT2D eigenvalue weighted by atomic mass is 16.1. The first kappa shape index (κ1) is 13.3. The number of aromatic nitrogens is 1. The average Bonchev–Trinajstić information content (AvgIpc) is 2.53. The van der Waals surface area contributed by atoms with E-state index >= 15 is 0 Å². The van der Waals surface area contributed by atoms with E-state index < -0.39 is 0 Å². The molecule has 104 valence electrons. The van der Waals surface area contributed by atoms with Crippen molar-refractivity contribution in [3.8, 4) is 0 Å². The van der Waals surface area contributed by atoms with Crippen LogP contribution in [0.5, 0.6) is 0 Å². The van der Waals surface area contributed by atoms with E-state index in [1.54, 1.807) is 6.20 Å². The Morgan fingerprint density at radius 1 is 1.15 bits per heavy atom. The van der Waals surface area contributed by atoms with E-state index in [-0.39, 0.29) is 5.78 Å². The Hall–Kier alpha value is -1.70. The van der Waals surface area contributed by atoms with Crippen LogP contribution in [0.3, 0.4) is 0 Å². The standard InChI is InChI=1S/C18H21NO/c20-18(10-9-14-5-2-1-3-6-14)17-8-4-7-15-13-19-12-11-16(15)17/h4,7-8,11-14H,1-3,5-6,9-10H2. The number of carbonyl (C=O) groups excluding carboxylic acids is 1. The fourth-order valence-electron chi connectivity index (χ4n) is 3.31. The van der Waals surface area contributed by atoms with Gasteiger partial charge in [-0.25, -0.2) is 0 Å². The van der Waals surface area contributed by atoms with Gasteiger partial charge in [-0.1, -0.05) is 50.3 Å². The van der Waals surface area contributed by atoms with Gasteiger partial charge >= 0.3 is 0 Å². The molecule has 0 radical (unpaired) electrons. The van der Waals surface area contributed by atoms with E-state index in [9.17, 15) is 4.79 Å². The summed E-state index contributed by atoms with van der Waals surface area (Å²) in [6.07, 6.45) is 12.0. The summed E-state index contributed by atoms with van der Waals surface area (Å²) >= 11 is 0. The second kappa shape index (κ2) is 6.17. The maximum atomic E-state index is 12.5. The molecule has 0 N–H and O–H groups in total. The molecule has 0 amide bonds. The fourth-order valence-corrected chi connectivity index (χ4v) is 3.31. The van der Waals surface area contributed by atoms with E-state index in [0.717, 1.165) is 28.7 Å². The molecule has 0 unspecified atom stereocenters. The van der Waals surface area contributed by atoms with Gasteiger partial charge in [-0.15, -0.1) is 0 Å². The Morgan fingerprint density at radius 2 is 2.00 bits per heavy atom. The van der Waals surface area contributed by atoms with Crippen LogP contribution < -0.4 is 0 Å². The van der Waals surface area contributed by atoms with Crippen molar-refractivity contribution in [3.63, 3.8) is 0 Å². The average molecular weight is 267 g/mol. The molecule has 0 spiro atoms. The number of pyridine rings is 1. The summed E-state index contributed by atoms with van der Waals surface area (Å²) in [5.74, 6) is 1.05. The summed E-state index contributed by atoms with van der Waals surface area (Å²) in [5, 5.41) is 2.09. The van der Waals surface area contributed by atoms with Gasteiger partial charge in [0.05, 0.1) is 0 Å². The number of Topliss-reactive ketones (excluding diaryl/α,β-unsaturated/α-hetero) is 1. The molecule has 1 aliphatic carbocycles. The molecule has 1 heterocycles. The minimum atomic E-state index is 0.285. The van der Waals surface area contributed by atoms with Gasteiger partial charge in [0.15, 0.2) is 5.78 Å². The lowest BCUT2D eigenvalue weighted by atomic mass is 9.85. The van der Waals surface area contributed by atoms with Crippen molar-refractivity contribution in [2.45, 2.75) is 44.9 Å². The molecule has 2 heteroatoms. The van der Waals surface area contributed by atoms with E-state index in [4.69, 9.17) is 0 Å². The third-order valence-electron chi connectivity index (χ3n) is 4.49. The maximum Gasteiger partial charge on any atom is 0.163 e. The highest BCUT2D eigenvalue weighted by molar-refractivity contribution is 6.07. The minimum absolute atomic E-state index is 0.285. The SMILES string of the molecule is O=C(CCC1CCCCC1)c1cccc2cnccc12. The molecule has 0 aliphatic heterocycles. The lowest BCUT2D eigenvalue weighted by Gasteiger charge is -2.21. The van der Waals surface area contributed by atoms with Crippen LogP contribution in [0.4, 0.5) is 0 Å². The Bertz CT molecular complexity index is 594. The van der Waals surface area contributed by atoms with Crippen molar-refractivity contribution in [1.29, 1.82) is 0 Å². The van der Waals surface area contributed by atoms with Gasteiger partial charge in [0, 0.05) is 29.8 Å². The smallest absolute Gasteiger partial charge is 0.163 e. The highest BCUT2D eigenvalue weighted by Crippen LogP contribution is 2.28. The van der Waals surface area contributed by atoms with Crippen LogP contribution in [0.15, 0.2) is 36.7 Å². The molecule has 3 rings (SSSR count). The van der Waals surface area contributed by atoms with E-state index in [1.165, 1.54) is 32.1 Å². The molecule has 1 aliphatic rings. The first-order valence-electron chi connectivity index (χ1n) is 7.70.